The highest BCUT2D eigenvalue weighted by Gasteiger charge is 2.36. The van der Waals surface area contributed by atoms with Crippen LogP contribution in [0.15, 0.2) is 47.3 Å². The molecule has 0 saturated heterocycles. The summed E-state index contributed by atoms with van der Waals surface area (Å²) in [6, 6.07) is 9.63. The van der Waals surface area contributed by atoms with Crippen molar-refractivity contribution in [2.45, 2.75) is 91.6 Å². The molecule has 0 unspecified atom stereocenters. The maximum Gasteiger partial charge on any atom is 0.412 e. The normalized spacial score (nSPS) is 13.3. The summed E-state index contributed by atoms with van der Waals surface area (Å²) in [5, 5.41) is 2.98. The van der Waals surface area contributed by atoms with E-state index in [9.17, 15) is 9.59 Å². The van der Waals surface area contributed by atoms with Crippen molar-refractivity contribution in [2.24, 2.45) is 0 Å². The molecule has 1 aromatic heterocycles. The molecule has 0 bridgehead atoms. The number of carbonyl (C=O) groups is 2. The van der Waals surface area contributed by atoms with Gasteiger partial charge in [0.1, 0.15) is 19.5 Å². The molecule has 1 fully saturated rings. The smallest absolute Gasteiger partial charge is 0.412 e. The van der Waals surface area contributed by atoms with Gasteiger partial charge >= 0.3 is 12.1 Å². The van der Waals surface area contributed by atoms with Gasteiger partial charge in [-0.3, -0.25) is 5.32 Å². The summed E-state index contributed by atoms with van der Waals surface area (Å²) in [6.07, 6.45) is 5.53. The van der Waals surface area contributed by atoms with Crippen LogP contribution in [0, 0.1) is 11.5 Å². The Bertz CT molecular complexity index is 1760. The number of rotatable bonds is 8. The molecule has 2 aliphatic carbocycles. The van der Waals surface area contributed by atoms with Crippen LogP contribution in [0.5, 0.6) is 0 Å². The lowest BCUT2D eigenvalue weighted by Gasteiger charge is -2.21. The highest BCUT2D eigenvalue weighted by Crippen LogP contribution is 2.46. The Balaban J connectivity index is 1.78. The van der Waals surface area contributed by atoms with E-state index >= 15 is 0 Å². The molecule has 5 rings (SSSR count). The minimum atomic E-state index is -1.79. The van der Waals surface area contributed by atoms with E-state index in [1.807, 2.05) is 62.6 Å². The van der Waals surface area contributed by atoms with Crippen LogP contribution in [0.1, 0.15) is 86.5 Å². The number of esters is 1. The minimum Gasteiger partial charge on any atom is -0.472 e. The average molecular weight is 626 g/mol. The van der Waals surface area contributed by atoms with Gasteiger partial charge in [0.2, 0.25) is 0 Å². The van der Waals surface area contributed by atoms with Gasteiger partial charge in [0.05, 0.1) is 37.1 Å². The summed E-state index contributed by atoms with van der Waals surface area (Å²) in [7, 11) is -1.79. The third-order valence-corrected chi connectivity index (χ3v) is 8.34. The third-order valence-electron chi connectivity index (χ3n) is 7.47. The monoisotopic (exact) mass is 625 g/mol. The SMILES string of the molecule is CCOC(=O)c1c(C2CC2)nc(CC)n1Cc1c2ccocc-2c(C#C[Si](C)(C)C)c1-c1ccccc1NC(=O)OC(C)(C)C. The molecular formula is C36H43N3O5Si. The molecule has 9 heteroatoms. The number of hydrogen-bond donors (Lipinski definition) is 1. The summed E-state index contributed by atoms with van der Waals surface area (Å²) < 4.78 is 18.9. The molecule has 2 heterocycles. The Labute approximate surface area is 266 Å². The predicted molar refractivity (Wildman–Crippen MR) is 179 cm³/mol. The van der Waals surface area contributed by atoms with E-state index in [-0.39, 0.29) is 18.5 Å². The maximum absolute atomic E-state index is 13.5. The highest BCUT2D eigenvalue weighted by molar-refractivity contribution is 6.83. The number of ether oxygens (including phenoxy) is 2. The molecule has 1 aromatic carbocycles. The van der Waals surface area contributed by atoms with Crippen molar-refractivity contribution in [1.29, 1.82) is 0 Å². The van der Waals surface area contributed by atoms with E-state index in [1.54, 1.807) is 12.5 Å². The van der Waals surface area contributed by atoms with Crippen LogP contribution in [-0.2, 0) is 22.4 Å². The predicted octanol–water partition coefficient (Wildman–Crippen LogP) is 8.49. The number of hydrogen-bond acceptors (Lipinski definition) is 6. The van der Waals surface area contributed by atoms with Crippen LogP contribution in [0.3, 0.4) is 0 Å². The molecule has 0 radical (unpaired) electrons. The van der Waals surface area contributed by atoms with Crippen molar-refractivity contribution < 1.29 is 23.5 Å². The number of benzene rings is 1. The van der Waals surface area contributed by atoms with E-state index in [0.29, 0.717) is 24.3 Å². The van der Waals surface area contributed by atoms with E-state index in [0.717, 1.165) is 57.7 Å². The summed E-state index contributed by atoms with van der Waals surface area (Å²) in [5.41, 5.74) is 10.1. The molecule has 2 aromatic rings. The second-order valence-corrected chi connectivity index (χ2v) is 18.2. The first-order chi connectivity index (χ1) is 21.3. The second-order valence-electron chi connectivity index (χ2n) is 13.5. The Hall–Kier alpha value is -4.29. The molecule has 1 amide bonds. The quantitative estimate of drug-likeness (QED) is 0.120. The van der Waals surface area contributed by atoms with Crippen LogP contribution in [0.25, 0.3) is 22.3 Å². The highest BCUT2D eigenvalue weighted by atomic mass is 28.3. The molecule has 0 atom stereocenters. The van der Waals surface area contributed by atoms with Crippen molar-refractivity contribution in [3.8, 4) is 33.7 Å². The van der Waals surface area contributed by atoms with Crippen molar-refractivity contribution in [1.82, 2.24) is 9.55 Å². The number of aromatic nitrogens is 2. The van der Waals surface area contributed by atoms with E-state index in [2.05, 4.69) is 43.3 Å². The number of aryl methyl sites for hydroxylation is 1. The average Bonchev–Trinajstić information content (AvgIpc) is 3.67. The zero-order valence-corrected chi connectivity index (χ0v) is 28.6. The summed E-state index contributed by atoms with van der Waals surface area (Å²) in [4.78, 5) is 31.5. The number of carbonyl (C=O) groups excluding carboxylic acids is 2. The number of nitrogens with one attached hydrogen (secondary N) is 1. The van der Waals surface area contributed by atoms with Crippen molar-refractivity contribution in [3.05, 3.63) is 71.2 Å². The number of nitrogens with zero attached hydrogens (tertiary/aromatic N) is 2. The summed E-state index contributed by atoms with van der Waals surface area (Å²) in [6.45, 7) is 16.6. The molecular weight excluding hydrogens is 582 g/mol. The van der Waals surface area contributed by atoms with E-state index < -0.39 is 19.8 Å². The number of para-hydroxylation sites is 1. The van der Waals surface area contributed by atoms with Crippen molar-refractivity contribution in [2.75, 3.05) is 11.9 Å². The topological polar surface area (TPSA) is 95.6 Å². The number of anilines is 1. The van der Waals surface area contributed by atoms with Gasteiger partial charge in [0, 0.05) is 34.6 Å². The van der Waals surface area contributed by atoms with Crippen molar-refractivity contribution >= 4 is 25.8 Å². The first-order valence-electron chi connectivity index (χ1n) is 15.7. The van der Waals surface area contributed by atoms with Crippen LogP contribution >= 0.6 is 0 Å². The van der Waals surface area contributed by atoms with Gasteiger partial charge in [-0.1, -0.05) is 50.7 Å². The fourth-order valence-electron chi connectivity index (χ4n) is 5.48. The maximum atomic E-state index is 13.5. The molecule has 0 spiro atoms. The van der Waals surface area contributed by atoms with Gasteiger partial charge in [-0.15, -0.1) is 5.54 Å². The minimum absolute atomic E-state index is 0.266. The molecule has 1 saturated carbocycles. The van der Waals surface area contributed by atoms with Crippen LogP contribution in [0.2, 0.25) is 19.6 Å². The van der Waals surface area contributed by atoms with Crippen LogP contribution in [-0.4, -0.2) is 41.9 Å². The number of amides is 1. The molecule has 3 aliphatic rings. The Morgan fingerprint density at radius 2 is 1.82 bits per heavy atom. The van der Waals surface area contributed by atoms with Crippen LogP contribution < -0.4 is 5.32 Å². The zero-order valence-electron chi connectivity index (χ0n) is 27.6. The third kappa shape index (κ3) is 7.17. The van der Waals surface area contributed by atoms with Gasteiger partial charge < -0.3 is 18.5 Å². The lowest BCUT2D eigenvalue weighted by molar-refractivity contribution is 0.0511. The Morgan fingerprint density at radius 1 is 1.09 bits per heavy atom. The lowest BCUT2D eigenvalue weighted by Crippen LogP contribution is -2.27. The van der Waals surface area contributed by atoms with Crippen LogP contribution in [0.4, 0.5) is 10.5 Å². The molecule has 1 N–H and O–H groups in total. The molecule has 1 aliphatic heterocycles. The fraction of sp³-hybridized carbons (Fsp3) is 0.417. The molecule has 8 nitrogen and oxygen atoms in total. The Kier molecular flexibility index (Phi) is 8.99. The Morgan fingerprint density at radius 3 is 2.47 bits per heavy atom. The first kappa shape index (κ1) is 32.1. The van der Waals surface area contributed by atoms with Gasteiger partial charge in [-0.25, -0.2) is 14.6 Å². The fourth-order valence-corrected chi connectivity index (χ4v) is 5.98. The largest absolute Gasteiger partial charge is 0.472 e. The molecule has 45 heavy (non-hydrogen) atoms. The first-order valence-corrected chi connectivity index (χ1v) is 19.2. The number of imidazole rings is 1. The second kappa shape index (κ2) is 12.6. The van der Waals surface area contributed by atoms with Gasteiger partial charge in [0.25, 0.3) is 0 Å². The number of fused-ring (bicyclic) bond motifs is 1. The van der Waals surface area contributed by atoms with Gasteiger partial charge in [-0.2, -0.15) is 0 Å². The standard InChI is InChI=1S/C36H43N3O5Si/c1-9-30-38-32(23-15-16-23)33(34(40)43-10-2)39(30)21-27-24-17-19-42-22-28(24)25(18-20-45(6,7)8)31(27)26-13-11-12-14-29(26)37-35(41)44-36(3,4)5/h11-14,17,19,22-23H,9-10,15-16,21H2,1-8H3,(H,37,41). The summed E-state index contributed by atoms with van der Waals surface area (Å²) in [5.74, 6) is 4.27. The lowest BCUT2D eigenvalue weighted by atomic mass is 9.98. The van der Waals surface area contributed by atoms with Gasteiger partial charge in [0.15, 0.2) is 5.69 Å². The molecule has 236 valence electrons. The van der Waals surface area contributed by atoms with E-state index in [1.165, 1.54) is 0 Å². The summed E-state index contributed by atoms with van der Waals surface area (Å²) >= 11 is 0. The zero-order chi connectivity index (χ0) is 32.5. The van der Waals surface area contributed by atoms with Crippen molar-refractivity contribution in [3.63, 3.8) is 0 Å². The van der Waals surface area contributed by atoms with Gasteiger partial charge in [-0.05, 0) is 63.8 Å². The van der Waals surface area contributed by atoms with E-state index in [4.69, 9.17) is 18.9 Å².